The monoisotopic (exact) mass is 499 g/mol. The molecule has 2 aliphatic rings. The van der Waals surface area contributed by atoms with E-state index in [1.807, 2.05) is 13.0 Å². The van der Waals surface area contributed by atoms with Gasteiger partial charge in [-0.2, -0.15) is 0 Å². The molecule has 8 heteroatoms. The summed E-state index contributed by atoms with van der Waals surface area (Å²) in [6.07, 6.45) is 1.69. The second kappa shape index (κ2) is 8.42. The van der Waals surface area contributed by atoms with Crippen molar-refractivity contribution in [3.8, 4) is 11.5 Å². The van der Waals surface area contributed by atoms with Crippen LogP contribution in [0.4, 0.5) is 0 Å². The molecule has 1 aliphatic heterocycles. The molecule has 2 N–H and O–H groups in total. The molecule has 0 spiro atoms. The Labute approximate surface area is 177 Å². The summed E-state index contributed by atoms with van der Waals surface area (Å²) in [7, 11) is 2.82. The molecule has 1 heterocycles. The van der Waals surface area contributed by atoms with Crippen LogP contribution in [0, 0.1) is 3.57 Å². The van der Waals surface area contributed by atoms with Gasteiger partial charge in [0.2, 0.25) is 5.88 Å². The van der Waals surface area contributed by atoms with Crippen molar-refractivity contribution < 1.29 is 28.5 Å². The van der Waals surface area contributed by atoms with Gasteiger partial charge in [-0.1, -0.05) is 0 Å². The number of carbonyl (C=O) groups is 2. The molecule has 0 radical (unpaired) electrons. The summed E-state index contributed by atoms with van der Waals surface area (Å²) < 4.78 is 22.6. The molecular weight excluding hydrogens is 477 g/mol. The van der Waals surface area contributed by atoms with Crippen LogP contribution in [0.15, 0.2) is 34.9 Å². The third kappa shape index (κ3) is 3.57. The zero-order valence-electron chi connectivity index (χ0n) is 16.0. The second-order valence-electron chi connectivity index (χ2n) is 6.39. The molecule has 1 aromatic carbocycles. The normalized spacial score (nSPS) is 19.1. The lowest BCUT2D eigenvalue weighted by molar-refractivity contribution is -0.136. The highest BCUT2D eigenvalue weighted by Crippen LogP contribution is 2.46. The summed E-state index contributed by atoms with van der Waals surface area (Å²) in [6.45, 7) is 2.37. The largest absolute Gasteiger partial charge is 0.493 e. The van der Waals surface area contributed by atoms with Gasteiger partial charge in [-0.25, -0.2) is 4.79 Å². The minimum Gasteiger partial charge on any atom is -0.493 e. The molecular formula is C20H22INO6. The molecule has 7 nitrogen and oxygen atoms in total. The van der Waals surface area contributed by atoms with Crippen molar-refractivity contribution in [1.82, 2.24) is 0 Å². The van der Waals surface area contributed by atoms with E-state index in [9.17, 15) is 9.59 Å². The average molecular weight is 499 g/mol. The van der Waals surface area contributed by atoms with E-state index in [4.69, 9.17) is 24.7 Å². The Morgan fingerprint density at radius 3 is 2.71 bits per heavy atom. The fourth-order valence-electron chi connectivity index (χ4n) is 3.59. The van der Waals surface area contributed by atoms with E-state index < -0.39 is 11.9 Å². The van der Waals surface area contributed by atoms with Crippen LogP contribution in [-0.4, -0.2) is 32.6 Å². The number of hydrogen-bond acceptors (Lipinski definition) is 7. The zero-order chi connectivity index (χ0) is 20.4. The zero-order valence-corrected chi connectivity index (χ0v) is 18.1. The smallest absolute Gasteiger partial charge is 0.340 e. The maximum Gasteiger partial charge on any atom is 0.340 e. The van der Waals surface area contributed by atoms with Gasteiger partial charge in [0.1, 0.15) is 11.3 Å². The molecule has 28 heavy (non-hydrogen) atoms. The van der Waals surface area contributed by atoms with E-state index in [1.54, 1.807) is 13.2 Å². The van der Waals surface area contributed by atoms with Crippen LogP contribution < -0.4 is 15.2 Å². The van der Waals surface area contributed by atoms with Crippen molar-refractivity contribution in [1.29, 1.82) is 0 Å². The van der Waals surface area contributed by atoms with Gasteiger partial charge < -0.3 is 24.7 Å². The van der Waals surface area contributed by atoms with Crippen LogP contribution in [0.2, 0.25) is 0 Å². The van der Waals surface area contributed by atoms with E-state index >= 15 is 0 Å². The maximum atomic E-state index is 12.8. The van der Waals surface area contributed by atoms with Crippen molar-refractivity contribution in [3.63, 3.8) is 0 Å². The number of methoxy groups -OCH3 is 2. The molecule has 150 valence electrons. The number of ketones is 1. The van der Waals surface area contributed by atoms with E-state index in [2.05, 4.69) is 22.6 Å². The van der Waals surface area contributed by atoms with Crippen LogP contribution in [0.1, 0.15) is 37.7 Å². The third-order valence-corrected chi connectivity index (χ3v) is 5.56. The van der Waals surface area contributed by atoms with Crippen molar-refractivity contribution in [2.75, 3.05) is 20.8 Å². The van der Waals surface area contributed by atoms with Gasteiger partial charge in [-0.3, -0.25) is 4.79 Å². The Morgan fingerprint density at radius 2 is 2.07 bits per heavy atom. The average Bonchev–Trinajstić information content (AvgIpc) is 2.68. The minimum atomic E-state index is -0.679. The number of rotatable bonds is 5. The van der Waals surface area contributed by atoms with Gasteiger partial charge in [-0.05, 0) is 53.6 Å². The highest BCUT2D eigenvalue weighted by molar-refractivity contribution is 14.1. The van der Waals surface area contributed by atoms with Gasteiger partial charge >= 0.3 is 5.97 Å². The van der Waals surface area contributed by atoms with Gasteiger partial charge in [0.15, 0.2) is 17.3 Å². The number of carbonyl (C=O) groups excluding carboxylic acids is 2. The Bertz CT molecular complexity index is 889. The summed E-state index contributed by atoms with van der Waals surface area (Å²) in [4.78, 5) is 25.3. The number of nitrogens with two attached hydrogens (primary N) is 1. The first-order chi connectivity index (χ1) is 13.4. The predicted molar refractivity (Wildman–Crippen MR) is 110 cm³/mol. The van der Waals surface area contributed by atoms with E-state index in [0.29, 0.717) is 54.3 Å². The summed E-state index contributed by atoms with van der Waals surface area (Å²) in [5, 5.41) is 0. The SMILES string of the molecule is CCOc1c(I)cc([C@@H]2C(C(=O)OC)=C(N)OC3=C2C(=O)CCC3)cc1OC. The maximum absolute atomic E-state index is 12.8. The summed E-state index contributed by atoms with van der Waals surface area (Å²) in [5.74, 6) is 0.258. The molecule has 0 bridgehead atoms. The number of benzene rings is 1. The number of allylic oxidation sites excluding steroid dienone is 2. The van der Waals surface area contributed by atoms with Gasteiger partial charge in [0.25, 0.3) is 0 Å². The number of hydrogen-bond donors (Lipinski definition) is 1. The summed E-state index contributed by atoms with van der Waals surface area (Å²) in [5.41, 5.74) is 7.35. The molecule has 0 unspecified atom stereocenters. The van der Waals surface area contributed by atoms with Gasteiger partial charge in [0, 0.05) is 18.4 Å². The van der Waals surface area contributed by atoms with Crippen molar-refractivity contribution >= 4 is 34.3 Å². The highest BCUT2D eigenvalue weighted by Gasteiger charge is 2.41. The van der Waals surface area contributed by atoms with Gasteiger partial charge in [-0.15, -0.1) is 0 Å². The van der Waals surface area contributed by atoms with Crippen LogP contribution in [0.25, 0.3) is 0 Å². The van der Waals surface area contributed by atoms with Gasteiger partial charge in [0.05, 0.1) is 30.3 Å². The molecule has 1 atom stereocenters. The third-order valence-electron chi connectivity index (χ3n) is 4.76. The summed E-state index contributed by atoms with van der Waals surface area (Å²) in [6, 6.07) is 3.64. The molecule has 0 saturated carbocycles. The first-order valence-corrected chi connectivity index (χ1v) is 10.0. The molecule has 0 saturated heterocycles. The molecule has 0 amide bonds. The lowest BCUT2D eigenvalue weighted by Crippen LogP contribution is -2.31. The molecule has 3 rings (SSSR count). The molecule has 0 fully saturated rings. The van der Waals surface area contributed by atoms with Crippen LogP contribution in [0.5, 0.6) is 11.5 Å². The minimum absolute atomic E-state index is 0.0341. The predicted octanol–water partition coefficient (Wildman–Crippen LogP) is 3.16. The number of esters is 1. The Balaban J connectivity index is 2.23. The van der Waals surface area contributed by atoms with Crippen LogP contribution in [0.3, 0.4) is 0 Å². The fourth-order valence-corrected chi connectivity index (χ4v) is 4.37. The second-order valence-corrected chi connectivity index (χ2v) is 7.55. The van der Waals surface area contributed by atoms with E-state index in [0.717, 1.165) is 3.57 Å². The van der Waals surface area contributed by atoms with Crippen molar-refractivity contribution in [3.05, 3.63) is 44.1 Å². The van der Waals surface area contributed by atoms with Crippen molar-refractivity contribution in [2.24, 2.45) is 5.73 Å². The Morgan fingerprint density at radius 1 is 1.32 bits per heavy atom. The fraction of sp³-hybridized carbons (Fsp3) is 0.400. The number of Topliss-reactive ketones (excluding diaryl/α,β-unsaturated/α-hetero) is 1. The Hall–Kier alpha value is -2.23. The quantitative estimate of drug-likeness (QED) is 0.491. The lowest BCUT2D eigenvalue weighted by Gasteiger charge is -2.32. The first kappa shape index (κ1) is 20.5. The molecule has 1 aliphatic carbocycles. The van der Waals surface area contributed by atoms with E-state index in [-0.39, 0.29) is 17.2 Å². The lowest BCUT2D eigenvalue weighted by atomic mass is 9.77. The molecule has 1 aromatic rings. The summed E-state index contributed by atoms with van der Waals surface area (Å²) >= 11 is 2.15. The molecule has 0 aromatic heterocycles. The Kier molecular flexibility index (Phi) is 6.17. The first-order valence-electron chi connectivity index (χ1n) is 8.95. The number of halogens is 1. The number of ether oxygens (including phenoxy) is 4. The van der Waals surface area contributed by atoms with Crippen LogP contribution in [-0.2, 0) is 19.1 Å². The standard InChI is InChI=1S/C20H22INO6/c1-4-27-18-11(21)8-10(9-14(18)25-2)15-16-12(23)6-5-7-13(16)28-19(22)17(15)20(24)26-3/h8-9,15H,4-7,22H2,1-3H3/t15-/m0/s1. The van der Waals surface area contributed by atoms with Crippen LogP contribution >= 0.6 is 22.6 Å². The van der Waals surface area contributed by atoms with E-state index in [1.165, 1.54) is 7.11 Å². The topological polar surface area (TPSA) is 97.1 Å². The van der Waals surface area contributed by atoms with Crippen molar-refractivity contribution in [2.45, 2.75) is 32.1 Å². The highest BCUT2D eigenvalue weighted by atomic mass is 127.